The standard InChI is InChI=1S/C21H24N2O/c1-5-23(16-11-7-6-8-12-16)20(24)21(3,4)19-15(2)22-18-14-10-9-13-17(18)19/h6-14,22H,5H2,1-4H3. The topological polar surface area (TPSA) is 36.1 Å². The zero-order valence-corrected chi connectivity index (χ0v) is 14.8. The third kappa shape index (κ3) is 2.60. The average molecular weight is 320 g/mol. The molecule has 3 heteroatoms. The molecule has 2 aromatic carbocycles. The summed E-state index contributed by atoms with van der Waals surface area (Å²) in [4.78, 5) is 18.7. The molecule has 1 heterocycles. The molecular weight excluding hydrogens is 296 g/mol. The maximum absolute atomic E-state index is 13.4. The molecule has 1 N–H and O–H groups in total. The SMILES string of the molecule is CCN(C(=O)C(C)(C)c1c(C)[nH]c2ccccc12)c1ccccc1. The van der Waals surface area contributed by atoms with E-state index in [-0.39, 0.29) is 5.91 Å². The third-order valence-corrected chi connectivity index (χ3v) is 4.68. The first-order chi connectivity index (χ1) is 11.5. The summed E-state index contributed by atoms with van der Waals surface area (Å²) in [6.45, 7) is 8.74. The van der Waals surface area contributed by atoms with Crippen molar-refractivity contribution >= 4 is 22.5 Å². The molecule has 0 saturated heterocycles. The summed E-state index contributed by atoms with van der Waals surface area (Å²) in [5.74, 6) is 0.115. The van der Waals surface area contributed by atoms with E-state index in [2.05, 4.69) is 17.1 Å². The van der Waals surface area contributed by atoms with Crippen LogP contribution in [0, 0.1) is 6.92 Å². The van der Waals surface area contributed by atoms with Crippen LogP contribution in [0.3, 0.4) is 0 Å². The molecule has 0 aliphatic heterocycles. The van der Waals surface area contributed by atoms with Crippen molar-refractivity contribution in [3.8, 4) is 0 Å². The Morgan fingerprint density at radius 3 is 2.33 bits per heavy atom. The summed E-state index contributed by atoms with van der Waals surface area (Å²) in [6, 6.07) is 18.1. The number of amides is 1. The maximum Gasteiger partial charge on any atom is 0.237 e. The van der Waals surface area contributed by atoms with Gasteiger partial charge in [0.05, 0.1) is 5.41 Å². The van der Waals surface area contributed by atoms with Crippen LogP contribution < -0.4 is 4.90 Å². The Balaban J connectivity index is 2.08. The number of nitrogens with zero attached hydrogens (tertiary/aromatic N) is 1. The zero-order chi connectivity index (χ0) is 17.3. The fourth-order valence-electron chi connectivity index (χ4n) is 3.58. The lowest BCUT2D eigenvalue weighted by Crippen LogP contribution is -2.44. The summed E-state index contributed by atoms with van der Waals surface area (Å²) in [6.07, 6.45) is 0. The van der Waals surface area contributed by atoms with E-state index in [0.29, 0.717) is 6.54 Å². The highest BCUT2D eigenvalue weighted by atomic mass is 16.2. The number of aromatic nitrogens is 1. The number of para-hydroxylation sites is 2. The summed E-state index contributed by atoms with van der Waals surface area (Å²) in [5.41, 5.74) is 3.54. The second-order valence-corrected chi connectivity index (χ2v) is 6.68. The summed E-state index contributed by atoms with van der Waals surface area (Å²) in [5, 5.41) is 1.12. The lowest BCUT2D eigenvalue weighted by Gasteiger charge is -2.32. The minimum Gasteiger partial charge on any atom is -0.358 e. The van der Waals surface area contributed by atoms with E-state index in [1.807, 2.05) is 75.1 Å². The summed E-state index contributed by atoms with van der Waals surface area (Å²) in [7, 11) is 0. The van der Waals surface area contributed by atoms with E-state index < -0.39 is 5.41 Å². The molecule has 1 amide bonds. The van der Waals surface area contributed by atoms with Gasteiger partial charge in [-0.05, 0) is 51.5 Å². The molecule has 0 bridgehead atoms. The van der Waals surface area contributed by atoms with Crippen molar-refractivity contribution in [1.82, 2.24) is 4.98 Å². The van der Waals surface area contributed by atoms with Crippen LogP contribution in [-0.2, 0) is 10.2 Å². The van der Waals surface area contributed by atoms with Gasteiger partial charge in [-0.1, -0.05) is 36.4 Å². The van der Waals surface area contributed by atoms with E-state index >= 15 is 0 Å². The van der Waals surface area contributed by atoms with Crippen molar-refractivity contribution in [2.45, 2.75) is 33.1 Å². The molecule has 0 saturated carbocycles. The molecule has 0 aliphatic carbocycles. The summed E-state index contributed by atoms with van der Waals surface area (Å²) < 4.78 is 0. The van der Waals surface area contributed by atoms with Gasteiger partial charge in [0, 0.05) is 28.8 Å². The van der Waals surface area contributed by atoms with Crippen molar-refractivity contribution in [3.05, 3.63) is 65.9 Å². The predicted octanol–water partition coefficient (Wildman–Crippen LogP) is 4.81. The van der Waals surface area contributed by atoms with Crippen molar-refractivity contribution < 1.29 is 4.79 Å². The molecule has 3 nitrogen and oxygen atoms in total. The van der Waals surface area contributed by atoms with Crippen molar-refractivity contribution in [3.63, 3.8) is 0 Å². The smallest absolute Gasteiger partial charge is 0.237 e. The number of hydrogen-bond acceptors (Lipinski definition) is 1. The molecule has 0 atom stereocenters. The number of rotatable bonds is 4. The highest BCUT2D eigenvalue weighted by Gasteiger charge is 2.37. The highest BCUT2D eigenvalue weighted by molar-refractivity contribution is 6.03. The van der Waals surface area contributed by atoms with Crippen LogP contribution in [0.1, 0.15) is 32.0 Å². The Bertz CT molecular complexity index is 862. The summed E-state index contributed by atoms with van der Waals surface area (Å²) >= 11 is 0. The monoisotopic (exact) mass is 320 g/mol. The van der Waals surface area contributed by atoms with Gasteiger partial charge in [0.15, 0.2) is 0 Å². The Morgan fingerprint density at radius 2 is 1.67 bits per heavy atom. The second-order valence-electron chi connectivity index (χ2n) is 6.68. The van der Waals surface area contributed by atoms with Crippen LogP contribution in [0.2, 0.25) is 0 Å². The number of carbonyl (C=O) groups excluding carboxylic acids is 1. The van der Waals surface area contributed by atoms with Gasteiger partial charge in [-0.3, -0.25) is 4.79 Å². The molecule has 0 radical (unpaired) electrons. The predicted molar refractivity (Wildman–Crippen MR) is 101 cm³/mol. The van der Waals surface area contributed by atoms with E-state index in [4.69, 9.17) is 0 Å². The van der Waals surface area contributed by atoms with Gasteiger partial charge >= 0.3 is 0 Å². The van der Waals surface area contributed by atoms with E-state index in [1.54, 1.807) is 0 Å². The van der Waals surface area contributed by atoms with Gasteiger partial charge in [-0.2, -0.15) is 0 Å². The quantitative estimate of drug-likeness (QED) is 0.736. The van der Waals surface area contributed by atoms with Gasteiger partial charge in [0.25, 0.3) is 0 Å². The first-order valence-corrected chi connectivity index (χ1v) is 8.41. The zero-order valence-electron chi connectivity index (χ0n) is 14.8. The molecule has 3 aromatic rings. The number of benzene rings is 2. The Labute approximate surface area is 143 Å². The minimum absolute atomic E-state index is 0.115. The van der Waals surface area contributed by atoms with E-state index in [1.165, 1.54) is 0 Å². The lowest BCUT2D eigenvalue weighted by atomic mass is 9.81. The van der Waals surface area contributed by atoms with Crippen molar-refractivity contribution in [1.29, 1.82) is 0 Å². The number of fused-ring (bicyclic) bond motifs is 1. The van der Waals surface area contributed by atoms with Crippen LogP contribution in [-0.4, -0.2) is 17.4 Å². The molecule has 124 valence electrons. The molecule has 0 spiro atoms. The minimum atomic E-state index is -0.616. The van der Waals surface area contributed by atoms with Gasteiger partial charge in [-0.25, -0.2) is 0 Å². The maximum atomic E-state index is 13.4. The lowest BCUT2D eigenvalue weighted by molar-refractivity contribution is -0.123. The Kier molecular flexibility index (Phi) is 4.18. The number of carbonyl (C=O) groups is 1. The molecular formula is C21H24N2O. The van der Waals surface area contributed by atoms with E-state index in [0.717, 1.165) is 27.8 Å². The van der Waals surface area contributed by atoms with Crippen molar-refractivity contribution in [2.75, 3.05) is 11.4 Å². The fraction of sp³-hybridized carbons (Fsp3) is 0.286. The largest absolute Gasteiger partial charge is 0.358 e. The number of hydrogen-bond donors (Lipinski definition) is 1. The molecule has 0 aliphatic rings. The van der Waals surface area contributed by atoms with Crippen LogP contribution >= 0.6 is 0 Å². The van der Waals surface area contributed by atoms with Crippen LogP contribution in [0.5, 0.6) is 0 Å². The molecule has 0 unspecified atom stereocenters. The molecule has 1 aromatic heterocycles. The molecule has 0 fully saturated rings. The third-order valence-electron chi connectivity index (χ3n) is 4.68. The van der Waals surface area contributed by atoms with Gasteiger partial charge < -0.3 is 9.88 Å². The normalized spacial score (nSPS) is 11.7. The Hall–Kier alpha value is -2.55. The number of H-pyrrole nitrogens is 1. The highest BCUT2D eigenvalue weighted by Crippen LogP contribution is 2.35. The van der Waals surface area contributed by atoms with E-state index in [9.17, 15) is 4.79 Å². The second kappa shape index (κ2) is 6.16. The number of nitrogens with one attached hydrogen (secondary N) is 1. The van der Waals surface area contributed by atoms with Crippen LogP contribution in [0.4, 0.5) is 5.69 Å². The Morgan fingerprint density at radius 1 is 1.04 bits per heavy atom. The van der Waals surface area contributed by atoms with Crippen LogP contribution in [0.25, 0.3) is 10.9 Å². The van der Waals surface area contributed by atoms with Gasteiger partial charge in [0.2, 0.25) is 5.91 Å². The van der Waals surface area contributed by atoms with Crippen molar-refractivity contribution in [2.24, 2.45) is 0 Å². The molecule has 3 rings (SSSR count). The average Bonchev–Trinajstić information content (AvgIpc) is 2.92. The number of likely N-dealkylation sites (N-methyl/N-ethyl adjacent to an activating group) is 1. The fourth-order valence-corrected chi connectivity index (χ4v) is 3.58. The molecule has 24 heavy (non-hydrogen) atoms. The van der Waals surface area contributed by atoms with Crippen LogP contribution in [0.15, 0.2) is 54.6 Å². The van der Waals surface area contributed by atoms with Gasteiger partial charge in [0.1, 0.15) is 0 Å². The number of aryl methyl sites for hydroxylation is 1. The number of anilines is 1. The van der Waals surface area contributed by atoms with Gasteiger partial charge in [-0.15, -0.1) is 0 Å². The number of aromatic amines is 1. The first-order valence-electron chi connectivity index (χ1n) is 8.41. The first kappa shape index (κ1) is 16.3.